The summed E-state index contributed by atoms with van der Waals surface area (Å²) >= 11 is 1.56. The first kappa shape index (κ1) is 22.3. The number of nitro groups is 1. The number of sulfonamides is 1. The predicted octanol–water partition coefficient (Wildman–Crippen LogP) is 3.23. The molecule has 0 saturated carbocycles. The molecule has 0 unspecified atom stereocenters. The summed E-state index contributed by atoms with van der Waals surface area (Å²) in [5.41, 5.74) is 1.46. The molecule has 0 aliphatic carbocycles. The Morgan fingerprint density at radius 3 is 2.59 bits per heavy atom. The van der Waals surface area contributed by atoms with Crippen LogP contribution in [0.4, 0.5) is 5.69 Å². The van der Waals surface area contributed by atoms with E-state index in [0.717, 1.165) is 22.0 Å². The van der Waals surface area contributed by atoms with Crippen molar-refractivity contribution in [3.8, 4) is 17.0 Å². The molecule has 4 rings (SSSR count). The molecule has 0 amide bonds. The van der Waals surface area contributed by atoms with E-state index in [1.54, 1.807) is 18.4 Å². The van der Waals surface area contributed by atoms with Crippen LogP contribution in [0.3, 0.4) is 0 Å². The van der Waals surface area contributed by atoms with E-state index in [0.29, 0.717) is 19.6 Å². The second-order valence-electron chi connectivity index (χ2n) is 7.26. The molecule has 168 valence electrons. The lowest BCUT2D eigenvalue weighted by atomic mass is 10.2. The smallest absolute Gasteiger partial charge is 0.289 e. The van der Waals surface area contributed by atoms with Crippen molar-refractivity contribution in [2.45, 2.75) is 11.4 Å². The van der Waals surface area contributed by atoms with E-state index in [9.17, 15) is 18.5 Å². The Kier molecular flexibility index (Phi) is 6.51. The van der Waals surface area contributed by atoms with Gasteiger partial charge in [-0.3, -0.25) is 15.0 Å². The molecular weight excluding hydrogens is 452 g/mol. The van der Waals surface area contributed by atoms with Crippen molar-refractivity contribution < 1.29 is 18.1 Å². The van der Waals surface area contributed by atoms with Crippen LogP contribution < -0.4 is 4.74 Å². The summed E-state index contributed by atoms with van der Waals surface area (Å²) in [6, 6.07) is 13.2. The van der Waals surface area contributed by atoms with Gasteiger partial charge in [-0.1, -0.05) is 24.3 Å². The van der Waals surface area contributed by atoms with E-state index in [4.69, 9.17) is 9.72 Å². The summed E-state index contributed by atoms with van der Waals surface area (Å²) in [6.07, 6.45) is 0. The number of ether oxygens (including phenoxy) is 1. The number of methoxy groups -OCH3 is 1. The van der Waals surface area contributed by atoms with Gasteiger partial charge in [0, 0.05) is 43.2 Å². The summed E-state index contributed by atoms with van der Waals surface area (Å²) in [4.78, 5) is 17.2. The third-order valence-electron chi connectivity index (χ3n) is 5.29. The minimum Gasteiger partial charge on any atom is -0.497 e. The summed E-state index contributed by atoms with van der Waals surface area (Å²) in [5.74, 6) is 0.771. The Bertz CT molecular complexity index is 1220. The molecule has 0 bridgehead atoms. The summed E-state index contributed by atoms with van der Waals surface area (Å²) in [6.45, 7) is 2.20. The Balaban J connectivity index is 1.41. The maximum Gasteiger partial charge on any atom is 0.289 e. The molecule has 1 aliphatic rings. The highest BCUT2D eigenvalue weighted by Crippen LogP contribution is 2.28. The third kappa shape index (κ3) is 4.65. The van der Waals surface area contributed by atoms with E-state index < -0.39 is 20.6 Å². The number of rotatable bonds is 7. The fourth-order valence-corrected chi connectivity index (χ4v) is 6.01. The maximum absolute atomic E-state index is 13.0. The van der Waals surface area contributed by atoms with Crippen molar-refractivity contribution in [2.75, 3.05) is 33.3 Å². The van der Waals surface area contributed by atoms with Crippen molar-refractivity contribution in [1.29, 1.82) is 0 Å². The SMILES string of the molecule is COc1cccc(-c2csc(CN3CCN(S(=O)(=O)c4ccccc4[N+](=O)[O-])CC3)n2)c1. The predicted molar refractivity (Wildman–Crippen MR) is 121 cm³/mol. The number of hydrogen-bond acceptors (Lipinski definition) is 8. The van der Waals surface area contributed by atoms with Crippen LogP contribution in [0.2, 0.25) is 0 Å². The Labute approximate surface area is 190 Å². The van der Waals surface area contributed by atoms with Crippen LogP contribution >= 0.6 is 11.3 Å². The van der Waals surface area contributed by atoms with Gasteiger partial charge in [0.1, 0.15) is 10.8 Å². The zero-order valence-corrected chi connectivity index (χ0v) is 19.0. The van der Waals surface area contributed by atoms with Gasteiger partial charge in [-0.05, 0) is 18.2 Å². The van der Waals surface area contributed by atoms with E-state index >= 15 is 0 Å². The first-order chi connectivity index (χ1) is 15.4. The van der Waals surface area contributed by atoms with Crippen LogP contribution in [0, 0.1) is 10.1 Å². The van der Waals surface area contributed by atoms with Crippen LogP contribution in [-0.2, 0) is 16.6 Å². The van der Waals surface area contributed by atoms with Gasteiger partial charge in [0.25, 0.3) is 5.69 Å². The Morgan fingerprint density at radius 2 is 1.88 bits per heavy atom. The third-order valence-corrected chi connectivity index (χ3v) is 8.07. The van der Waals surface area contributed by atoms with E-state index in [1.165, 1.54) is 28.6 Å². The molecule has 2 aromatic carbocycles. The average molecular weight is 475 g/mol. The van der Waals surface area contributed by atoms with Gasteiger partial charge in [0.2, 0.25) is 10.0 Å². The standard InChI is InChI=1S/C21H22N4O5S2/c1-30-17-6-4-5-16(13-17)18-15-31-21(22-18)14-23-9-11-24(12-10-23)32(28,29)20-8-3-2-7-19(20)25(26)27/h2-8,13,15H,9-12,14H2,1H3. The first-order valence-corrected chi connectivity index (χ1v) is 12.3. The van der Waals surface area contributed by atoms with Crippen molar-refractivity contribution >= 4 is 27.0 Å². The molecule has 2 heterocycles. The highest BCUT2D eigenvalue weighted by molar-refractivity contribution is 7.89. The second kappa shape index (κ2) is 9.33. The monoisotopic (exact) mass is 474 g/mol. The minimum atomic E-state index is -3.93. The molecule has 0 spiro atoms. The molecule has 1 fully saturated rings. The Morgan fingerprint density at radius 1 is 1.12 bits per heavy atom. The van der Waals surface area contributed by atoms with Crippen LogP contribution in [0.5, 0.6) is 5.75 Å². The second-order valence-corrected chi connectivity index (χ2v) is 10.1. The number of benzene rings is 2. The quantitative estimate of drug-likeness (QED) is 0.382. The van der Waals surface area contributed by atoms with E-state index in [2.05, 4.69) is 4.90 Å². The van der Waals surface area contributed by atoms with Crippen molar-refractivity contribution in [3.05, 3.63) is 69.0 Å². The zero-order chi connectivity index (χ0) is 22.7. The number of hydrogen-bond donors (Lipinski definition) is 0. The molecule has 1 saturated heterocycles. The summed E-state index contributed by atoms with van der Waals surface area (Å²) in [7, 11) is -2.31. The summed E-state index contributed by atoms with van der Waals surface area (Å²) in [5, 5.41) is 14.2. The molecule has 0 radical (unpaired) electrons. The molecular formula is C21H22N4O5S2. The lowest BCUT2D eigenvalue weighted by Gasteiger charge is -2.33. The fraction of sp³-hybridized carbons (Fsp3) is 0.286. The van der Waals surface area contributed by atoms with E-state index in [-0.39, 0.29) is 18.0 Å². The maximum atomic E-state index is 13.0. The largest absolute Gasteiger partial charge is 0.497 e. The van der Waals surface area contributed by atoms with Crippen molar-refractivity contribution in [3.63, 3.8) is 0 Å². The Hall–Kier alpha value is -2.86. The van der Waals surface area contributed by atoms with Gasteiger partial charge in [0.05, 0.1) is 24.3 Å². The van der Waals surface area contributed by atoms with Crippen molar-refractivity contribution in [1.82, 2.24) is 14.2 Å². The first-order valence-electron chi connectivity index (χ1n) is 9.93. The van der Waals surface area contributed by atoms with E-state index in [1.807, 2.05) is 29.6 Å². The molecule has 1 aliphatic heterocycles. The van der Waals surface area contributed by atoms with Gasteiger partial charge in [0.15, 0.2) is 4.90 Å². The van der Waals surface area contributed by atoms with Crippen LogP contribution in [0.1, 0.15) is 5.01 Å². The highest BCUT2D eigenvalue weighted by atomic mass is 32.2. The van der Waals surface area contributed by atoms with Gasteiger partial charge >= 0.3 is 0 Å². The van der Waals surface area contributed by atoms with Crippen molar-refractivity contribution in [2.24, 2.45) is 0 Å². The highest BCUT2D eigenvalue weighted by Gasteiger charge is 2.33. The molecule has 32 heavy (non-hydrogen) atoms. The number of nitrogens with zero attached hydrogens (tertiary/aromatic N) is 4. The zero-order valence-electron chi connectivity index (χ0n) is 17.4. The molecule has 0 N–H and O–H groups in total. The van der Waals surface area contributed by atoms with Gasteiger partial charge in [-0.2, -0.15) is 4.31 Å². The molecule has 9 nitrogen and oxygen atoms in total. The van der Waals surface area contributed by atoms with Gasteiger partial charge in [-0.15, -0.1) is 11.3 Å². The number of para-hydroxylation sites is 1. The molecule has 1 aromatic heterocycles. The average Bonchev–Trinajstić information content (AvgIpc) is 3.28. The summed E-state index contributed by atoms with van der Waals surface area (Å²) < 4.78 is 32.5. The van der Waals surface area contributed by atoms with Gasteiger partial charge in [-0.25, -0.2) is 13.4 Å². The number of piperazine rings is 1. The van der Waals surface area contributed by atoms with Crippen LogP contribution in [0.25, 0.3) is 11.3 Å². The van der Waals surface area contributed by atoms with Crippen LogP contribution in [0.15, 0.2) is 58.8 Å². The van der Waals surface area contributed by atoms with Crippen LogP contribution in [-0.4, -0.2) is 60.8 Å². The number of nitro benzene ring substituents is 1. The molecule has 11 heteroatoms. The van der Waals surface area contributed by atoms with Gasteiger partial charge < -0.3 is 4.74 Å². The lowest BCUT2D eigenvalue weighted by Crippen LogP contribution is -2.48. The fourth-order valence-electron chi connectivity index (χ4n) is 3.58. The molecule has 0 atom stereocenters. The number of thiazole rings is 1. The minimum absolute atomic E-state index is 0.263. The topological polar surface area (TPSA) is 106 Å². The normalized spacial score (nSPS) is 15.5. The lowest BCUT2D eigenvalue weighted by molar-refractivity contribution is -0.387. The number of aromatic nitrogens is 1. The molecule has 3 aromatic rings.